The van der Waals surface area contributed by atoms with Crippen molar-refractivity contribution in [2.75, 3.05) is 11.9 Å². The Hall–Kier alpha value is -2.36. The number of carbonyl (C=O) groups excluding carboxylic acids is 1. The maximum atomic E-state index is 12.4. The first-order valence-electron chi connectivity index (χ1n) is 5.91. The molecular weight excluding hydrogens is 327 g/mol. The number of nitrogens with one attached hydrogen (secondary N) is 2. The third kappa shape index (κ3) is 3.64. The Morgan fingerprint density at radius 3 is 2.73 bits per heavy atom. The molecule has 2 rings (SSSR count). The van der Waals surface area contributed by atoms with Gasteiger partial charge in [0.15, 0.2) is 5.69 Å². The molecule has 0 radical (unpaired) electrons. The minimum Gasteiger partial charge on any atom is -0.478 e. The van der Waals surface area contributed by atoms with Gasteiger partial charge in [0.25, 0.3) is 5.91 Å². The fraction of sp³-hybridized carbons (Fsp3) is 0.273. The Labute approximate surface area is 126 Å². The summed E-state index contributed by atoms with van der Waals surface area (Å²) in [5, 5.41) is 6.99. The summed E-state index contributed by atoms with van der Waals surface area (Å²) in [6.07, 6.45) is -4.69. The second kappa shape index (κ2) is 6.18. The minimum atomic E-state index is -4.69. The maximum Gasteiger partial charge on any atom is 0.451 e. The highest BCUT2D eigenvalue weighted by molar-refractivity contribution is 6.34. The Kier molecular flexibility index (Phi) is 4.50. The lowest BCUT2D eigenvalue weighted by molar-refractivity contribution is -0.144. The van der Waals surface area contributed by atoms with Crippen LogP contribution < -0.4 is 10.1 Å². The molecule has 0 saturated carbocycles. The number of alkyl halides is 3. The summed E-state index contributed by atoms with van der Waals surface area (Å²) in [5.74, 6) is -2.58. The molecule has 2 N–H and O–H groups in total. The van der Waals surface area contributed by atoms with Crippen molar-refractivity contribution in [2.24, 2.45) is 0 Å². The van der Waals surface area contributed by atoms with Crippen molar-refractivity contribution in [2.45, 2.75) is 13.1 Å². The lowest BCUT2D eigenvalue weighted by Crippen LogP contribution is -2.16. The second-order valence-electron chi connectivity index (χ2n) is 3.87. The summed E-state index contributed by atoms with van der Waals surface area (Å²) < 4.78 is 42.2. The molecule has 7 nitrogen and oxygen atoms in total. The van der Waals surface area contributed by atoms with E-state index in [0.29, 0.717) is 6.61 Å². The van der Waals surface area contributed by atoms with Crippen LogP contribution in [0, 0.1) is 0 Å². The van der Waals surface area contributed by atoms with Gasteiger partial charge in [-0.2, -0.15) is 18.2 Å². The summed E-state index contributed by atoms with van der Waals surface area (Å²) in [5.41, 5.74) is -0.217. The third-order valence-corrected chi connectivity index (χ3v) is 2.61. The number of nitrogens with zero attached hydrogens (tertiary/aromatic N) is 3. The molecule has 0 spiro atoms. The topological polar surface area (TPSA) is 92.8 Å². The van der Waals surface area contributed by atoms with Gasteiger partial charge >= 0.3 is 6.18 Å². The van der Waals surface area contributed by atoms with Gasteiger partial charge in [-0.05, 0) is 13.0 Å². The number of pyridine rings is 1. The van der Waals surface area contributed by atoms with E-state index in [0.717, 1.165) is 0 Å². The van der Waals surface area contributed by atoms with Gasteiger partial charge in [0.05, 0.1) is 11.6 Å². The molecule has 0 aliphatic rings. The van der Waals surface area contributed by atoms with E-state index >= 15 is 0 Å². The van der Waals surface area contributed by atoms with Crippen LogP contribution in [-0.2, 0) is 6.18 Å². The molecule has 0 saturated heterocycles. The average molecular weight is 336 g/mol. The normalized spacial score (nSPS) is 11.3. The van der Waals surface area contributed by atoms with Crippen LogP contribution in [0.25, 0.3) is 0 Å². The maximum absolute atomic E-state index is 12.4. The molecule has 0 fully saturated rings. The van der Waals surface area contributed by atoms with Gasteiger partial charge in [0.1, 0.15) is 0 Å². The van der Waals surface area contributed by atoms with Gasteiger partial charge in [-0.15, -0.1) is 5.10 Å². The van der Waals surface area contributed by atoms with Crippen molar-refractivity contribution in [1.29, 1.82) is 0 Å². The van der Waals surface area contributed by atoms with E-state index in [4.69, 9.17) is 16.3 Å². The highest BCUT2D eigenvalue weighted by atomic mass is 35.5. The molecular formula is C11H9ClF3N5O2. The predicted octanol–water partition coefficient (Wildman–Crippen LogP) is 2.52. The molecule has 0 bridgehead atoms. The Balaban J connectivity index is 2.18. The number of H-pyrrole nitrogens is 1. The molecule has 0 unspecified atom stereocenters. The molecule has 1 amide bonds. The van der Waals surface area contributed by atoms with E-state index in [1.54, 1.807) is 12.0 Å². The summed E-state index contributed by atoms with van der Waals surface area (Å²) in [6.45, 7) is 2.05. The van der Waals surface area contributed by atoms with Crippen molar-refractivity contribution in [3.63, 3.8) is 0 Å². The molecule has 0 aliphatic carbocycles. The number of amides is 1. The number of halogens is 4. The molecule has 118 valence electrons. The summed E-state index contributed by atoms with van der Waals surface area (Å²) in [7, 11) is 0. The first-order chi connectivity index (χ1) is 10.3. The lowest BCUT2D eigenvalue weighted by atomic mass is 10.3. The number of carbonyl (C=O) groups is 1. The fourth-order valence-corrected chi connectivity index (χ4v) is 1.61. The largest absolute Gasteiger partial charge is 0.478 e. The average Bonchev–Trinajstić information content (AvgIpc) is 2.89. The van der Waals surface area contributed by atoms with Crippen molar-refractivity contribution in [3.05, 3.63) is 28.7 Å². The second-order valence-corrected chi connectivity index (χ2v) is 4.28. The molecule has 0 atom stereocenters. The first-order valence-corrected chi connectivity index (χ1v) is 6.29. The monoisotopic (exact) mass is 335 g/mol. The van der Waals surface area contributed by atoms with Crippen LogP contribution in [0.3, 0.4) is 0 Å². The smallest absolute Gasteiger partial charge is 0.451 e. The number of ether oxygens (including phenoxy) is 1. The van der Waals surface area contributed by atoms with Crippen LogP contribution in [0.1, 0.15) is 23.2 Å². The number of aromatic nitrogens is 4. The summed E-state index contributed by atoms with van der Waals surface area (Å²) in [4.78, 5) is 18.9. The molecule has 2 aromatic heterocycles. The molecule has 2 heterocycles. The Morgan fingerprint density at radius 2 is 2.14 bits per heavy atom. The van der Waals surface area contributed by atoms with E-state index in [1.807, 2.05) is 0 Å². The molecule has 2 aromatic rings. The quantitative estimate of drug-likeness (QED) is 0.895. The van der Waals surface area contributed by atoms with Gasteiger partial charge in [-0.1, -0.05) is 11.6 Å². The summed E-state index contributed by atoms with van der Waals surface area (Å²) >= 11 is 5.83. The SMILES string of the molecule is CCOc1ccc(Cl)c(C(=O)Nc2n[nH]c(C(F)(F)F)n2)n1. The lowest BCUT2D eigenvalue weighted by Gasteiger charge is -2.06. The van der Waals surface area contributed by atoms with E-state index in [9.17, 15) is 18.0 Å². The van der Waals surface area contributed by atoms with E-state index in [1.165, 1.54) is 12.1 Å². The number of rotatable bonds is 4. The number of hydrogen-bond acceptors (Lipinski definition) is 5. The Morgan fingerprint density at radius 1 is 1.41 bits per heavy atom. The van der Waals surface area contributed by atoms with Crippen LogP contribution in [0.2, 0.25) is 5.02 Å². The van der Waals surface area contributed by atoms with E-state index in [2.05, 4.69) is 20.4 Å². The predicted molar refractivity (Wildman–Crippen MR) is 69.8 cm³/mol. The zero-order valence-corrected chi connectivity index (χ0v) is 11.8. The van der Waals surface area contributed by atoms with Crippen molar-refractivity contribution < 1.29 is 22.7 Å². The van der Waals surface area contributed by atoms with Gasteiger partial charge in [-0.3, -0.25) is 15.2 Å². The minimum absolute atomic E-state index is 0.00698. The van der Waals surface area contributed by atoms with Crippen LogP contribution in [0.5, 0.6) is 5.88 Å². The standard InChI is InChI=1S/C11H9ClF3N5O2/c1-2-22-6-4-3-5(12)7(16-6)8(21)17-10-18-9(19-20-10)11(13,14)15/h3-4H,2H2,1H3,(H2,17,18,19,20,21). The van der Waals surface area contributed by atoms with Crippen LogP contribution in [-0.4, -0.2) is 32.7 Å². The summed E-state index contributed by atoms with van der Waals surface area (Å²) in [6, 6.07) is 2.84. The van der Waals surface area contributed by atoms with Gasteiger partial charge in [0, 0.05) is 6.07 Å². The van der Waals surface area contributed by atoms with Crippen LogP contribution in [0.15, 0.2) is 12.1 Å². The van der Waals surface area contributed by atoms with Gasteiger partial charge in [-0.25, -0.2) is 4.98 Å². The highest BCUT2D eigenvalue weighted by Crippen LogP contribution is 2.26. The van der Waals surface area contributed by atoms with Crippen molar-refractivity contribution >= 4 is 23.5 Å². The van der Waals surface area contributed by atoms with Crippen molar-refractivity contribution in [3.8, 4) is 5.88 Å². The van der Waals surface area contributed by atoms with Crippen molar-refractivity contribution in [1.82, 2.24) is 20.2 Å². The van der Waals surface area contributed by atoms with E-state index < -0.39 is 23.9 Å². The van der Waals surface area contributed by atoms with Crippen LogP contribution >= 0.6 is 11.6 Å². The molecule has 0 aliphatic heterocycles. The van der Waals surface area contributed by atoms with E-state index in [-0.39, 0.29) is 16.6 Å². The third-order valence-electron chi connectivity index (χ3n) is 2.31. The number of anilines is 1. The fourth-order valence-electron chi connectivity index (χ4n) is 1.42. The molecule has 22 heavy (non-hydrogen) atoms. The Bertz CT molecular complexity index is 689. The zero-order chi connectivity index (χ0) is 16.3. The van der Waals surface area contributed by atoms with Gasteiger partial charge < -0.3 is 4.74 Å². The molecule has 0 aromatic carbocycles. The van der Waals surface area contributed by atoms with Crippen LogP contribution in [0.4, 0.5) is 19.1 Å². The highest BCUT2D eigenvalue weighted by Gasteiger charge is 2.35. The first kappa shape index (κ1) is 16.0. The zero-order valence-electron chi connectivity index (χ0n) is 11.0. The molecule has 11 heteroatoms. The van der Waals surface area contributed by atoms with Gasteiger partial charge in [0.2, 0.25) is 17.7 Å². The number of aromatic amines is 1. The number of hydrogen-bond donors (Lipinski definition) is 2.